The Morgan fingerprint density at radius 3 is 2.95 bits per heavy atom. The van der Waals surface area contributed by atoms with E-state index in [1.807, 2.05) is 0 Å². The van der Waals surface area contributed by atoms with Gasteiger partial charge in [0.15, 0.2) is 5.82 Å². The van der Waals surface area contributed by atoms with Gasteiger partial charge < -0.3 is 4.52 Å². The molecule has 1 N–H and O–H groups in total. The molecule has 20 heavy (non-hydrogen) atoms. The number of aromatic nitrogens is 5. The first-order valence-electron chi connectivity index (χ1n) is 5.29. The molecule has 0 spiro atoms. The van der Waals surface area contributed by atoms with E-state index in [0.717, 1.165) is 12.1 Å². The molecule has 0 aliphatic carbocycles. The van der Waals surface area contributed by atoms with Crippen molar-refractivity contribution in [3.05, 3.63) is 40.5 Å². The zero-order chi connectivity index (χ0) is 14.1. The van der Waals surface area contributed by atoms with Gasteiger partial charge in [0.2, 0.25) is 5.82 Å². The van der Waals surface area contributed by atoms with Crippen LogP contribution in [-0.4, -0.2) is 30.2 Å². The van der Waals surface area contributed by atoms with Crippen LogP contribution in [0.4, 0.5) is 10.1 Å². The SMILES string of the molecule is O=[N+]([O-])c1cc(F)ccc1-c1nc(-c2ncn[nH]2)no1. The maximum atomic E-state index is 13.1. The summed E-state index contributed by atoms with van der Waals surface area (Å²) in [6, 6.07) is 3.06. The summed E-state index contributed by atoms with van der Waals surface area (Å²) in [4.78, 5) is 18.0. The maximum absolute atomic E-state index is 13.1. The topological polar surface area (TPSA) is 124 Å². The number of benzene rings is 1. The third kappa shape index (κ3) is 1.98. The molecule has 10 heteroatoms. The summed E-state index contributed by atoms with van der Waals surface area (Å²) < 4.78 is 18.0. The molecular weight excluding hydrogens is 271 g/mol. The fourth-order valence-electron chi connectivity index (χ4n) is 1.58. The highest BCUT2D eigenvalue weighted by Gasteiger charge is 2.22. The van der Waals surface area contributed by atoms with Crippen molar-refractivity contribution < 1.29 is 13.8 Å². The first-order valence-corrected chi connectivity index (χ1v) is 5.29. The van der Waals surface area contributed by atoms with Crippen LogP contribution in [0.15, 0.2) is 29.0 Å². The molecule has 0 aliphatic rings. The minimum absolute atomic E-state index is 0.0228. The van der Waals surface area contributed by atoms with Gasteiger partial charge in [-0.1, -0.05) is 5.16 Å². The first kappa shape index (κ1) is 11.9. The largest absolute Gasteiger partial charge is 0.333 e. The summed E-state index contributed by atoms with van der Waals surface area (Å²) in [6.45, 7) is 0. The highest BCUT2D eigenvalue weighted by Crippen LogP contribution is 2.30. The van der Waals surface area contributed by atoms with Crippen LogP contribution < -0.4 is 0 Å². The van der Waals surface area contributed by atoms with Crippen molar-refractivity contribution in [3.63, 3.8) is 0 Å². The summed E-state index contributed by atoms with van der Waals surface area (Å²) in [5.74, 6) is -0.487. The van der Waals surface area contributed by atoms with Crippen molar-refractivity contribution in [2.45, 2.75) is 0 Å². The lowest BCUT2D eigenvalue weighted by Crippen LogP contribution is -1.93. The number of hydrogen-bond donors (Lipinski definition) is 1. The van der Waals surface area contributed by atoms with Crippen molar-refractivity contribution in [1.82, 2.24) is 25.3 Å². The number of nitrogens with one attached hydrogen (secondary N) is 1. The standard InChI is InChI=1S/C10H5FN6O3/c11-5-1-2-6(7(3-5)17(18)19)10-14-9(16-20-10)8-12-4-13-15-8/h1-4H,(H,12,13,15). The number of nitrogens with zero attached hydrogens (tertiary/aromatic N) is 5. The predicted octanol–water partition coefficient (Wildman–Crippen LogP) is 1.57. The molecule has 0 atom stereocenters. The first-order chi connectivity index (χ1) is 9.65. The predicted molar refractivity (Wildman–Crippen MR) is 61.7 cm³/mol. The number of nitro groups is 1. The smallest absolute Gasteiger partial charge is 0.285 e. The molecular formula is C10H5FN6O3. The highest BCUT2D eigenvalue weighted by molar-refractivity contribution is 5.67. The molecule has 0 saturated heterocycles. The summed E-state index contributed by atoms with van der Waals surface area (Å²) in [5.41, 5.74) is -0.438. The molecule has 0 bridgehead atoms. The van der Waals surface area contributed by atoms with E-state index < -0.39 is 16.4 Å². The quantitative estimate of drug-likeness (QED) is 0.568. The van der Waals surface area contributed by atoms with Crippen molar-refractivity contribution in [1.29, 1.82) is 0 Å². The summed E-state index contributed by atoms with van der Waals surface area (Å²) in [5, 5.41) is 20.7. The number of rotatable bonds is 3. The lowest BCUT2D eigenvalue weighted by molar-refractivity contribution is -0.384. The van der Waals surface area contributed by atoms with Crippen LogP contribution in [0.3, 0.4) is 0 Å². The van der Waals surface area contributed by atoms with Crippen LogP contribution in [0.1, 0.15) is 0 Å². The number of aromatic amines is 1. The van der Waals surface area contributed by atoms with Gasteiger partial charge in [-0.25, -0.2) is 9.37 Å². The van der Waals surface area contributed by atoms with Crippen LogP contribution in [0.5, 0.6) is 0 Å². The van der Waals surface area contributed by atoms with Gasteiger partial charge in [0, 0.05) is 0 Å². The molecule has 100 valence electrons. The average molecular weight is 276 g/mol. The third-order valence-corrected chi connectivity index (χ3v) is 2.44. The Kier molecular flexibility index (Phi) is 2.67. The minimum atomic E-state index is -0.726. The fraction of sp³-hybridized carbons (Fsp3) is 0. The Balaban J connectivity index is 2.08. The Morgan fingerprint density at radius 2 is 2.25 bits per heavy atom. The number of halogens is 1. The van der Waals surface area contributed by atoms with E-state index >= 15 is 0 Å². The molecule has 0 aliphatic heterocycles. The van der Waals surface area contributed by atoms with Crippen LogP contribution >= 0.6 is 0 Å². The molecule has 0 saturated carbocycles. The van der Waals surface area contributed by atoms with Crippen molar-refractivity contribution in [2.24, 2.45) is 0 Å². The molecule has 0 unspecified atom stereocenters. The number of H-pyrrole nitrogens is 1. The lowest BCUT2D eigenvalue weighted by Gasteiger charge is -1.97. The molecule has 2 heterocycles. The van der Waals surface area contributed by atoms with E-state index in [2.05, 4.69) is 25.3 Å². The molecule has 3 aromatic rings. The number of nitro benzene ring substituents is 1. The summed E-state index contributed by atoms with van der Waals surface area (Å²) >= 11 is 0. The van der Waals surface area contributed by atoms with Crippen LogP contribution in [0, 0.1) is 15.9 Å². The molecule has 2 aromatic heterocycles. The van der Waals surface area contributed by atoms with E-state index in [0.29, 0.717) is 0 Å². The van der Waals surface area contributed by atoms with E-state index in [1.54, 1.807) is 0 Å². The molecule has 0 radical (unpaired) electrons. The van der Waals surface area contributed by atoms with Gasteiger partial charge in [-0.2, -0.15) is 10.1 Å². The zero-order valence-electron chi connectivity index (χ0n) is 9.65. The van der Waals surface area contributed by atoms with Gasteiger partial charge in [-0.05, 0) is 12.1 Å². The summed E-state index contributed by atoms with van der Waals surface area (Å²) in [6.07, 6.45) is 1.26. The van der Waals surface area contributed by atoms with Gasteiger partial charge in [0.05, 0.1) is 11.0 Å². The molecule has 9 nitrogen and oxygen atoms in total. The molecule has 1 aromatic carbocycles. The second-order valence-corrected chi connectivity index (χ2v) is 3.68. The Bertz CT molecular complexity index is 769. The normalized spacial score (nSPS) is 10.7. The van der Waals surface area contributed by atoms with Crippen LogP contribution in [-0.2, 0) is 0 Å². The summed E-state index contributed by atoms with van der Waals surface area (Å²) in [7, 11) is 0. The van der Waals surface area contributed by atoms with E-state index in [1.165, 1.54) is 12.4 Å². The third-order valence-electron chi connectivity index (χ3n) is 2.44. The lowest BCUT2D eigenvalue weighted by atomic mass is 10.2. The van der Waals surface area contributed by atoms with Gasteiger partial charge in [-0.3, -0.25) is 15.2 Å². The van der Waals surface area contributed by atoms with Crippen molar-refractivity contribution in [2.75, 3.05) is 0 Å². The van der Waals surface area contributed by atoms with Gasteiger partial charge in [-0.15, -0.1) is 0 Å². The Labute approximate surface area is 109 Å². The van der Waals surface area contributed by atoms with Crippen molar-refractivity contribution >= 4 is 5.69 Å². The van der Waals surface area contributed by atoms with Gasteiger partial charge in [0.1, 0.15) is 17.7 Å². The molecule has 3 rings (SSSR count). The molecule has 0 fully saturated rings. The monoisotopic (exact) mass is 276 g/mol. The number of hydrogen-bond acceptors (Lipinski definition) is 7. The highest BCUT2D eigenvalue weighted by atomic mass is 19.1. The van der Waals surface area contributed by atoms with Gasteiger partial charge in [0.25, 0.3) is 11.6 Å². The average Bonchev–Trinajstić information content (AvgIpc) is 3.09. The second-order valence-electron chi connectivity index (χ2n) is 3.68. The molecule has 0 amide bonds. The van der Waals surface area contributed by atoms with E-state index in [4.69, 9.17) is 4.52 Å². The van der Waals surface area contributed by atoms with Crippen LogP contribution in [0.25, 0.3) is 23.1 Å². The van der Waals surface area contributed by atoms with Gasteiger partial charge >= 0.3 is 0 Å². The Morgan fingerprint density at radius 1 is 1.40 bits per heavy atom. The zero-order valence-corrected chi connectivity index (χ0v) is 9.65. The maximum Gasteiger partial charge on any atom is 0.285 e. The second kappa shape index (κ2) is 4.50. The van der Waals surface area contributed by atoms with Crippen molar-refractivity contribution in [3.8, 4) is 23.1 Å². The van der Waals surface area contributed by atoms with E-state index in [9.17, 15) is 14.5 Å². The van der Waals surface area contributed by atoms with E-state index in [-0.39, 0.29) is 23.1 Å². The minimum Gasteiger partial charge on any atom is -0.333 e. The Hall–Kier alpha value is -3.17. The fourth-order valence-corrected chi connectivity index (χ4v) is 1.58. The van der Waals surface area contributed by atoms with Crippen LogP contribution in [0.2, 0.25) is 0 Å².